The quantitative estimate of drug-likeness (QED) is 0.877. The first-order chi connectivity index (χ1) is 8.13. The Bertz CT molecular complexity index is 509. The SMILES string of the molecule is Cc1ccc(-c2c(C)nn(C)c2CCN)cc1. The van der Waals surface area contributed by atoms with Gasteiger partial charge in [0.25, 0.3) is 0 Å². The maximum absolute atomic E-state index is 5.67. The van der Waals surface area contributed by atoms with Gasteiger partial charge in [-0.05, 0) is 26.0 Å². The van der Waals surface area contributed by atoms with Crippen molar-refractivity contribution in [2.45, 2.75) is 20.3 Å². The molecule has 2 aromatic rings. The molecule has 0 saturated carbocycles. The number of aromatic nitrogens is 2. The molecule has 0 fully saturated rings. The minimum Gasteiger partial charge on any atom is -0.330 e. The van der Waals surface area contributed by atoms with Gasteiger partial charge in [0.1, 0.15) is 0 Å². The number of hydrogen-bond acceptors (Lipinski definition) is 2. The van der Waals surface area contributed by atoms with E-state index in [0.29, 0.717) is 6.54 Å². The lowest BCUT2D eigenvalue weighted by Gasteiger charge is -2.06. The maximum Gasteiger partial charge on any atom is 0.0674 e. The summed E-state index contributed by atoms with van der Waals surface area (Å²) in [5, 5.41) is 4.49. The highest BCUT2D eigenvalue weighted by molar-refractivity contribution is 5.69. The molecule has 1 aromatic heterocycles. The van der Waals surface area contributed by atoms with Crippen LogP contribution in [-0.4, -0.2) is 16.3 Å². The average Bonchev–Trinajstić information content (AvgIpc) is 2.56. The highest BCUT2D eigenvalue weighted by Crippen LogP contribution is 2.27. The fourth-order valence-electron chi connectivity index (χ4n) is 2.23. The van der Waals surface area contributed by atoms with Gasteiger partial charge in [0.15, 0.2) is 0 Å². The van der Waals surface area contributed by atoms with Gasteiger partial charge in [0.2, 0.25) is 0 Å². The van der Waals surface area contributed by atoms with Crippen LogP contribution in [0.15, 0.2) is 24.3 Å². The summed E-state index contributed by atoms with van der Waals surface area (Å²) in [4.78, 5) is 0. The fraction of sp³-hybridized carbons (Fsp3) is 0.357. The van der Waals surface area contributed by atoms with E-state index in [0.717, 1.165) is 12.1 Å². The molecule has 1 aromatic carbocycles. The minimum absolute atomic E-state index is 0.651. The van der Waals surface area contributed by atoms with Crippen molar-refractivity contribution in [2.75, 3.05) is 6.54 Å². The molecule has 3 heteroatoms. The first kappa shape index (κ1) is 11.9. The highest BCUT2D eigenvalue weighted by atomic mass is 15.3. The van der Waals surface area contributed by atoms with Crippen LogP contribution in [0, 0.1) is 13.8 Å². The molecular weight excluding hydrogens is 210 g/mol. The molecule has 2 N–H and O–H groups in total. The second-order valence-corrected chi connectivity index (χ2v) is 4.44. The molecule has 0 saturated heterocycles. The topological polar surface area (TPSA) is 43.8 Å². The Kier molecular flexibility index (Phi) is 3.29. The monoisotopic (exact) mass is 229 g/mol. The number of benzene rings is 1. The smallest absolute Gasteiger partial charge is 0.0674 e. The van der Waals surface area contributed by atoms with Gasteiger partial charge in [-0.3, -0.25) is 4.68 Å². The van der Waals surface area contributed by atoms with Gasteiger partial charge in [-0.1, -0.05) is 29.8 Å². The number of hydrogen-bond donors (Lipinski definition) is 1. The summed E-state index contributed by atoms with van der Waals surface area (Å²) in [7, 11) is 1.98. The summed E-state index contributed by atoms with van der Waals surface area (Å²) in [6.07, 6.45) is 0.862. The Balaban J connectivity index is 2.53. The van der Waals surface area contributed by atoms with Crippen molar-refractivity contribution in [3.8, 4) is 11.1 Å². The Labute approximate surface area is 102 Å². The van der Waals surface area contributed by atoms with Crippen LogP contribution in [0.2, 0.25) is 0 Å². The van der Waals surface area contributed by atoms with E-state index in [2.05, 4.69) is 43.2 Å². The van der Waals surface area contributed by atoms with E-state index in [1.165, 1.54) is 22.4 Å². The molecule has 0 aliphatic rings. The number of rotatable bonds is 3. The van der Waals surface area contributed by atoms with Crippen LogP contribution >= 0.6 is 0 Å². The van der Waals surface area contributed by atoms with Crippen molar-refractivity contribution in [3.05, 3.63) is 41.2 Å². The molecule has 0 aliphatic heterocycles. The zero-order valence-corrected chi connectivity index (χ0v) is 10.7. The number of nitrogens with zero attached hydrogens (tertiary/aromatic N) is 2. The predicted molar refractivity (Wildman–Crippen MR) is 70.9 cm³/mol. The Hall–Kier alpha value is -1.61. The molecule has 3 nitrogen and oxygen atoms in total. The molecule has 90 valence electrons. The van der Waals surface area contributed by atoms with Gasteiger partial charge in [-0.15, -0.1) is 0 Å². The fourth-order valence-corrected chi connectivity index (χ4v) is 2.23. The number of aryl methyl sites for hydroxylation is 3. The van der Waals surface area contributed by atoms with E-state index in [4.69, 9.17) is 5.73 Å². The zero-order chi connectivity index (χ0) is 12.4. The second-order valence-electron chi connectivity index (χ2n) is 4.44. The highest BCUT2D eigenvalue weighted by Gasteiger charge is 2.13. The van der Waals surface area contributed by atoms with Crippen LogP contribution in [0.5, 0.6) is 0 Å². The Morgan fingerprint density at radius 3 is 2.41 bits per heavy atom. The normalized spacial score (nSPS) is 10.8. The molecule has 0 spiro atoms. The van der Waals surface area contributed by atoms with Gasteiger partial charge in [0.05, 0.1) is 5.69 Å². The molecule has 0 bridgehead atoms. The van der Waals surface area contributed by atoms with Gasteiger partial charge < -0.3 is 5.73 Å². The predicted octanol–water partition coefficient (Wildman–Crippen LogP) is 2.21. The van der Waals surface area contributed by atoms with Crippen molar-refractivity contribution >= 4 is 0 Å². The van der Waals surface area contributed by atoms with Crippen molar-refractivity contribution in [2.24, 2.45) is 12.8 Å². The molecule has 0 aliphatic carbocycles. The van der Waals surface area contributed by atoms with Gasteiger partial charge in [0, 0.05) is 24.7 Å². The van der Waals surface area contributed by atoms with Crippen LogP contribution in [0.4, 0.5) is 0 Å². The molecule has 0 unspecified atom stereocenters. The largest absolute Gasteiger partial charge is 0.330 e. The summed E-state index contributed by atoms with van der Waals surface area (Å²) < 4.78 is 1.94. The second kappa shape index (κ2) is 4.72. The van der Waals surface area contributed by atoms with E-state index in [-0.39, 0.29) is 0 Å². The zero-order valence-electron chi connectivity index (χ0n) is 10.7. The molecule has 0 amide bonds. The van der Waals surface area contributed by atoms with Gasteiger partial charge in [-0.2, -0.15) is 5.10 Å². The minimum atomic E-state index is 0.651. The first-order valence-corrected chi connectivity index (χ1v) is 5.93. The van der Waals surface area contributed by atoms with E-state index >= 15 is 0 Å². The third-order valence-electron chi connectivity index (χ3n) is 3.06. The van der Waals surface area contributed by atoms with Gasteiger partial charge >= 0.3 is 0 Å². The lowest BCUT2D eigenvalue weighted by atomic mass is 10.0. The molecule has 17 heavy (non-hydrogen) atoms. The summed E-state index contributed by atoms with van der Waals surface area (Å²) in [5.74, 6) is 0. The summed E-state index contributed by atoms with van der Waals surface area (Å²) in [5.41, 5.74) is 11.7. The van der Waals surface area contributed by atoms with Crippen molar-refractivity contribution in [1.29, 1.82) is 0 Å². The Morgan fingerprint density at radius 2 is 1.82 bits per heavy atom. The molecule has 2 rings (SSSR count). The van der Waals surface area contributed by atoms with Gasteiger partial charge in [-0.25, -0.2) is 0 Å². The number of nitrogens with two attached hydrogens (primary N) is 1. The van der Waals surface area contributed by atoms with E-state index in [1.807, 2.05) is 11.7 Å². The summed E-state index contributed by atoms with van der Waals surface area (Å²) in [6, 6.07) is 8.57. The molecule has 0 atom stereocenters. The van der Waals surface area contributed by atoms with Crippen molar-refractivity contribution in [3.63, 3.8) is 0 Å². The molecular formula is C14H19N3. The van der Waals surface area contributed by atoms with Crippen molar-refractivity contribution in [1.82, 2.24) is 9.78 Å². The van der Waals surface area contributed by atoms with Crippen molar-refractivity contribution < 1.29 is 0 Å². The lowest BCUT2D eigenvalue weighted by Crippen LogP contribution is -2.08. The molecule has 0 radical (unpaired) electrons. The van der Waals surface area contributed by atoms with E-state index < -0.39 is 0 Å². The first-order valence-electron chi connectivity index (χ1n) is 5.93. The van der Waals surface area contributed by atoms with Crippen LogP contribution in [0.1, 0.15) is 17.0 Å². The lowest BCUT2D eigenvalue weighted by molar-refractivity contribution is 0.701. The molecule has 1 heterocycles. The van der Waals surface area contributed by atoms with Crippen LogP contribution in [0.25, 0.3) is 11.1 Å². The third-order valence-corrected chi connectivity index (χ3v) is 3.06. The summed E-state index contributed by atoms with van der Waals surface area (Å²) >= 11 is 0. The standard InChI is InChI=1S/C14H19N3/c1-10-4-6-12(7-5-10)14-11(2)16-17(3)13(14)8-9-15/h4-7H,8-9,15H2,1-3H3. The van der Waals surface area contributed by atoms with E-state index in [1.54, 1.807) is 0 Å². The third kappa shape index (κ3) is 2.24. The average molecular weight is 229 g/mol. The van der Waals surface area contributed by atoms with Crippen LogP contribution < -0.4 is 5.73 Å². The Morgan fingerprint density at radius 1 is 1.18 bits per heavy atom. The van der Waals surface area contributed by atoms with Crippen LogP contribution in [0.3, 0.4) is 0 Å². The summed E-state index contributed by atoms with van der Waals surface area (Å²) in [6.45, 7) is 4.80. The van der Waals surface area contributed by atoms with E-state index in [9.17, 15) is 0 Å². The maximum atomic E-state index is 5.67. The van der Waals surface area contributed by atoms with Crippen LogP contribution in [-0.2, 0) is 13.5 Å².